The summed E-state index contributed by atoms with van der Waals surface area (Å²) in [5, 5.41) is 9.83. The quantitative estimate of drug-likeness (QED) is 0.621. The summed E-state index contributed by atoms with van der Waals surface area (Å²) in [6.45, 7) is 0. The van der Waals surface area contributed by atoms with Crippen molar-refractivity contribution in [1.29, 1.82) is 0 Å². The van der Waals surface area contributed by atoms with E-state index in [0.29, 0.717) is 12.2 Å². The van der Waals surface area contributed by atoms with Gasteiger partial charge in [-0.1, -0.05) is 0 Å². The lowest BCUT2D eigenvalue weighted by Crippen LogP contribution is -2.61. The van der Waals surface area contributed by atoms with Crippen LogP contribution in [0.15, 0.2) is 0 Å². The summed E-state index contributed by atoms with van der Waals surface area (Å²) in [4.78, 5) is 0. The Labute approximate surface area is 95.4 Å². The molecule has 6 fully saturated rings. The fourth-order valence-corrected chi connectivity index (χ4v) is 7.04. The molecule has 86 valence electrons. The standard InChI is InChI=1S/C14H18O2/c15-9-3-7-10(9)6-1-4-5-2-8(11(4)12(6)7)14-13(5)16-14/h4-15H,1-3H2/t4?,5?,6?,7?,8?,9?,10-,11?,12?,13?,14?/m1/s1. The molecule has 10 unspecified atom stereocenters. The molecule has 2 bridgehead atoms. The summed E-state index contributed by atoms with van der Waals surface area (Å²) in [6, 6.07) is 0. The minimum absolute atomic E-state index is 0.0773. The highest BCUT2D eigenvalue weighted by molar-refractivity contribution is 5.24. The van der Waals surface area contributed by atoms with Gasteiger partial charge in [-0.25, -0.2) is 0 Å². The van der Waals surface area contributed by atoms with Crippen molar-refractivity contribution < 1.29 is 9.84 Å². The highest BCUT2D eigenvalue weighted by Crippen LogP contribution is 2.76. The van der Waals surface area contributed by atoms with Gasteiger partial charge < -0.3 is 9.84 Å². The van der Waals surface area contributed by atoms with E-state index in [1.165, 1.54) is 12.8 Å². The van der Waals surface area contributed by atoms with E-state index in [9.17, 15) is 5.11 Å². The van der Waals surface area contributed by atoms with Gasteiger partial charge in [0.25, 0.3) is 0 Å². The van der Waals surface area contributed by atoms with Crippen LogP contribution in [-0.2, 0) is 4.74 Å². The van der Waals surface area contributed by atoms with E-state index in [-0.39, 0.29) is 6.10 Å². The van der Waals surface area contributed by atoms with Gasteiger partial charge in [-0.2, -0.15) is 0 Å². The number of aliphatic hydroxyl groups is 1. The van der Waals surface area contributed by atoms with Gasteiger partial charge in [-0.05, 0) is 66.6 Å². The van der Waals surface area contributed by atoms with Gasteiger partial charge in [0.15, 0.2) is 0 Å². The van der Waals surface area contributed by atoms with E-state index in [4.69, 9.17) is 4.74 Å². The van der Waals surface area contributed by atoms with E-state index < -0.39 is 0 Å². The Hall–Kier alpha value is -0.0800. The van der Waals surface area contributed by atoms with E-state index in [1.807, 2.05) is 0 Å². The maximum atomic E-state index is 9.83. The number of rotatable bonds is 0. The maximum Gasteiger partial charge on any atom is 0.0875 e. The van der Waals surface area contributed by atoms with E-state index >= 15 is 0 Å². The molecule has 0 aromatic heterocycles. The van der Waals surface area contributed by atoms with Crippen LogP contribution in [0.5, 0.6) is 0 Å². The van der Waals surface area contributed by atoms with Crippen LogP contribution in [0.3, 0.4) is 0 Å². The zero-order chi connectivity index (χ0) is 10.2. The van der Waals surface area contributed by atoms with Crippen LogP contribution in [0.4, 0.5) is 0 Å². The van der Waals surface area contributed by atoms with Gasteiger partial charge in [-0.15, -0.1) is 0 Å². The molecular weight excluding hydrogens is 200 g/mol. The second kappa shape index (κ2) is 2.12. The molecule has 0 aromatic carbocycles. The van der Waals surface area contributed by atoms with E-state index in [2.05, 4.69) is 0 Å². The summed E-state index contributed by atoms with van der Waals surface area (Å²) in [5.41, 5.74) is 0. The largest absolute Gasteiger partial charge is 0.393 e. The Morgan fingerprint density at radius 1 is 0.688 bits per heavy atom. The molecule has 16 heavy (non-hydrogen) atoms. The summed E-state index contributed by atoms with van der Waals surface area (Å²) in [7, 11) is 0. The Kier molecular flexibility index (Phi) is 1.07. The molecule has 5 saturated carbocycles. The van der Waals surface area contributed by atoms with Crippen LogP contribution < -0.4 is 0 Å². The smallest absolute Gasteiger partial charge is 0.0875 e. The molecule has 2 nitrogen and oxygen atoms in total. The summed E-state index contributed by atoms with van der Waals surface area (Å²) < 4.78 is 5.84. The normalized spacial score (nSPS) is 80.4. The monoisotopic (exact) mass is 218 g/mol. The number of hydrogen-bond donors (Lipinski definition) is 1. The predicted molar refractivity (Wildman–Crippen MR) is 56.4 cm³/mol. The summed E-state index contributed by atoms with van der Waals surface area (Å²) >= 11 is 0. The van der Waals surface area contributed by atoms with Crippen LogP contribution in [0.25, 0.3) is 0 Å². The van der Waals surface area contributed by atoms with Gasteiger partial charge in [-0.3, -0.25) is 0 Å². The number of aliphatic hydroxyl groups excluding tert-OH is 1. The Balaban J connectivity index is 1.41. The van der Waals surface area contributed by atoms with E-state index in [0.717, 1.165) is 53.8 Å². The van der Waals surface area contributed by atoms with Gasteiger partial charge in [0.05, 0.1) is 18.3 Å². The third-order valence-electron chi connectivity index (χ3n) is 7.41. The molecule has 11 atom stereocenters. The molecule has 0 amide bonds. The minimum Gasteiger partial charge on any atom is -0.393 e. The number of hydrogen-bond acceptors (Lipinski definition) is 2. The molecule has 2 heteroatoms. The molecule has 6 aliphatic rings. The topological polar surface area (TPSA) is 32.8 Å². The first-order chi connectivity index (χ1) is 7.84. The molecule has 1 aliphatic heterocycles. The molecule has 5 aliphatic carbocycles. The maximum absolute atomic E-state index is 9.83. The fraction of sp³-hybridized carbons (Fsp3) is 1.00. The van der Waals surface area contributed by atoms with Crippen LogP contribution in [0.1, 0.15) is 19.3 Å². The molecule has 1 heterocycles. The van der Waals surface area contributed by atoms with Crippen molar-refractivity contribution in [1.82, 2.24) is 0 Å². The molecule has 1 saturated heterocycles. The molecule has 0 radical (unpaired) electrons. The van der Waals surface area contributed by atoms with Gasteiger partial charge in [0.1, 0.15) is 0 Å². The predicted octanol–water partition coefficient (Wildman–Crippen LogP) is 1.28. The summed E-state index contributed by atoms with van der Waals surface area (Å²) in [6.07, 6.45) is 5.52. The lowest BCUT2D eigenvalue weighted by molar-refractivity contribution is -0.191. The van der Waals surface area contributed by atoms with Crippen LogP contribution >= 0.6 is 0 Å². The lowest BCUT2D eigenvalue weighted by atomic mass is 9.44. The average Bonchev–Trinajstić information content (AvgIpc) is 2.72. The van der Waals surface area contributed by atoms with Gasteiger partial charge in [0.2, 0.25) is 0 Å². The minimum atomic E-state index is 0.0773. The molecule has 0 aromatic rings. The highest BCUT2D eigenvalue weighted by Gasteiger charge is 2.76. The number of fused-ring (bicyclic) bond motifs is 13. The first-order valence-electron chi connectivity index (χ1n) is 7.18. The third kappa shape index (κ3) is 0.606. The first kappa shape index (κ1) is 8.10. The molecule has 0 spiro atoms. The van der Waals surface area contributed by atoms with Crippen molar-refractivity contribution in [2.45, 2.75) is 37.6 Å². The van der Waals surface area contributed by atoms with Crippen LogP contribution in [-0.4, -0.2) is 23.4 Å². The van der Waals surface area contributed by atoms with Crippen molar-refractivity contribution in [3.8, 4) is 0 Å². The SMILES string of the molecule is OC1CC2C3C4C(CC3[C@@H]12)C1CC4C2OC12. The van der Waals surface area contributed by atoms with Gasteiger partial charge >= 0.3 is 0 Å². The Morgan fingerprint density at radius 3 is 2.25 bits per heavy atom. The highest BCUT2D eigenvalue weighted by atomic mass is 16.6. The molecular formula is C14H18O2. The van der Waals surface area contributed by atoms with Crippen molar-refractivity contribution in [2.75, 3.05) is 0 Å². The summed E-state index contributed by atoms with van der Waals surface area (Å²) in [5.74, 6) is 7.48. The number of ether oxygens (including phenoxy) is 1. The zero-order valence-electron chi connectivity index (χ0n) is 9.33. The van der Waals surface area contributed by atoms with Crippen molar-refractivity contribution in [3.63, 3.8) is 0 Å². The second-order valence-electron chi connectivity index (χ2n) is 7.39. The average molecular weight is 218 g/mol. The first-order valence-corrected chi connectivity index (χ1v) is 7.18. The van der Waals surface area contributed by atoms with Crippen molar-refractivity contribution in [3.05, 3.63) is 0 Å². The second-order valence-corrected chi connectivity index (χ2v) is 7.39. The number of epoxide rings is 1. The lowest BCUT2D eigenvalue weighted by Gasteiger charge is -2.61. The molecule has 6 rings (SSSR count). The Bertz CT molecular complexity index is 394. The Morgan fingerprint density at radius 2 is 1.38 bits per heavy atom. The van der Waals surface area contributed by atoms with E-state index in [1.54, 1.807) is 0 Å². The van der Waals surface area contributed by atoms with Crippen molar-refractivity contribution >= 4 is 0 Å². The van der Waals surface area contributed by atoms with Gasteiger partial charge in [0, 0.05) is 0 Å². The molecule has 1 N–H and O–H groups in total. The fourth-order valence-electron chi connectivity index (χ4n) is 7.04. The van der Waals surface area contributed by atoms with Crippen LogP contribution in [0, 0.1) is 47.3 Å². The zero-order valence-corrected chi connectivity index (χ0v) is 9.33. The van der Waals surface area contributed by atoms with Crippen LogP contribution in [0.2, 0.25) is 0 Å². The third-order valence-corrected chi connectivity index (χ3v) is 7.41. The van der Waals surface area contributed by atoms with Crippen molar-refractivity contribution in [2.24, 2.45) is 47.3 Å².